The van der Waals surface area contributed by atoms with Crippen LogP contribution in [-0.2, 0) is 13.0 Å². The highest BCUT2D eigenvalue weighted by Crippen LogP contribution is 2.23. The predicted molar refractivity (Wildman–Crippen MR) is 74.5 cm³/mol. The molecule has 3 rings (SSSR count). The number of rotatable bonds is 2. The molecule has 6 heteroatoms. The van der Waals surface area contributed by atoms with Crippen LogP contribution in [0.15, 0.2) is 24.3 Å². The van der Waals surface area contributed by atoms with Gasteiger partial charge in [0.15, 0.2) is 4.77 Å². The molecule has 1 aliphatic rings. The molecule has 1 aliphatic heterocycles. The number of benzene rings is 1. The second-order valence-electron chi connectivity index (χ2n) is 4.41. The maximum absolute atomic E-state index is 13.2. The number of anilines is 2. The zero-order valence-electron chi connectivity index (χ0n) is 10.2. The summed E-state index contributed by atoms with van der Waals surface area (Å²) in [5, 5.41) is 6.42. The van der Waals surface area contributed by atoms with Crippen molar-refractivity contribution in [3.8, 4) is 0 Å². The van der Waals surface area contributed by atoms with Gasteiger partial charge in [0.05, 0.1) is 0 Å². The fourth-order valence-corrected chi connectivity index (χ4v) is 2.41. The lowest BCUT2D eigenvalue weighted by Crippen LogP contribution is -2.26. The van der Waals surface area contributed by atoms with Gasteiger partial charge in [0, 0.05) is 23.5 Å². The van der Waals surface area contributed by atoms with E-state index in [-0.39, 0.29) is 5.82 Å². The van der Waals surface area contributed by atoms with Crippen LogP contribution < -0.4 is 10.6 Å². The largest absolute Gasteiger partial charge is 0.340 e. The molecule has 0 fully saturated rings. The van der Waals surface area contributed by atoms with E-state index in [1.165, 1.54) is 12.1 Å². The van der Waals surface area contributed by atoms with Crippen LogP contribution in [0.2, 0.25) is 0 Å². The SMILES string of the molecule is Fc1cccc(Nc2nc(=S)[nH]c3c2CCNC3)c1. The standard InChI is InChI=1S/C13H13FN4S/c14-8-2-1-3-9(6-8)16-12-10-4-5-15-7-11(10)17-13(19)18-12/h1-3,6,15H,4-5,7H2,(H2,16,17,18,19). The summed E-state index contributed by atoms with van der Waals surface area (Å²) in [6.45, 7) is 1.65. The molecular formula is C13H13FN4S. The molecule has 0 bridgehead atoms. The minimum atomic E-state index is -0.276. The van der Waals surface area contributed by atoms with Gasteiger partial charge in [0.2, 0.25) is 0 Å². The van der Waals surface area contributed by atoms with Gasteiger partial charge < -0.3 is 15.6 Å². The van der Waals surface area contributed by atoms with Crippen molar-refractivity contribution in [2.45, 2.75) is 13.0 Å². The summed E-state index contributed by atoms with van der Waals surface area (Å²) in [6.07, 6.45) is 0.867. The average Bonchev–Trinajstić information content (AvgIpc) is 2.38. The molecule has 0 amide bonds. The number of halogens is 1. The molecule has 0 unspecified atom stereocenters. The number of fused-ring (bicyclic) bond motifs is 1. The van der Waals surface area contributed by atoms with Gasteiger partial charge in [-0.2, -0.15) is 0 Å². The third-order valence-electron chi connectivity index (χ3n) is 3.06. The van der Waals surface area contributed by atoms with Crippen LogP contribution in [0.25, 0.3) is 0 Å². The molecule has 4 nitrogen and oxygen atoms in total. The van der Waals surface area contributed by atoms with Crippen LogP contribution in [0, 0.1) is 10.6 Å². The third kappa shape index (κ3) is 2.64. The summed E-state index contributed by atoms with van der Waals surface area (Å²) < 4.78 is 13.6. The van der Waals surface area contributed by atoms with Crippen molar-refractivity contribution >= 4 is 23.7 Å². The normalized spacial score (nSPS) is 13.9. The zero-order chi connectivity index (χ0) is 13.2. The van der Waals surface area contributed by atoms with Crippen molar-refractivity contribution in [1.29, 1.82) is 0 Å². The number of nitrogens with one attached hydrogen (secondary N) is 3. The number of aromatic nitrogens is 2. The first-order chi connectivity index (χ1) is 9.22. The number of H-pyrrole nitrogens is 1. The lowest BCUT2D eigenvalue weighted by atomic mass is 10.1. The molecule has 0 radical (unpaired) electrons. The number of nitrogens with zero attached hydrogens (tertiary/aromatic N) is 1. The second-order valence-corrected chi connectivity index (χ2v) is 4.80. The second kappa shape index (κ2) is 5.07. The zero-order valence-corrected chi connectivity index (χ0v) is 11.0. The Balaban J connectivity index is 2.00. The van der Waals surface area contributed by atoms with Gasteiger partial charge in [-0.3, -0.25) is 0 Å². The molecule has 19 heavy (non-hydrogen) atoms. The lowest BCUT2D eigenvalue weighted by Gasteiger charge is -2.20. The fourth-order valence-electron chi connectivity index (χ4n) is 2.20. The lowest BCUT2D eigenvalue weighted by molar-refractivity contribution is 0.623. The Kier molecular flexibility index (Phi) is 3.27. The molecule has 0 aliphatic carbocycles. The monoisotopic (exact) mass is 276 g/mol. The Morgan fingerprint density at radius 1 is 1.37 bits per heavy atom. The van der Waals surface area contributed by atoms with Gasteiger partial charge in [0.1, 0.15) is 11.6 Å². The molecule has 0 saturated heterocycles. The summed E-state index contributed by atoms with van der Waals surface area (Å²) in [5.74, 6) is 0.437. The van der Waals surface area contributed by atoms with E-state index in [2.05, 4.69) is 20.6 Å². The van der Waals surface area contributed by atoms with E-state index in [0.29, 0.717) is 16.3 Å². The fraction of sp³-hybridized carbons (Fsp3) is 0.231. The maximum atomic E-state index is 13.2. The first-order valence-corrected chi connectivity index (χ1v) is 6.48. The van der Waals surface area contributed by atoms with Crippen LogP contribution in [0.5, 0.6) is 0 Å². The highest BCUT2D eigenvalue weighted by atomic mass is 32.1. The van der Waals surface area contributed by atoms with E-state index < -0.39 is 0 Å². The van der Waals surface area contributed by atoms with Crippen molar-refractivity contribution in [2.24, 2.45) is 0 Å². The highest BCUT2D eigenvalue weighted by molar-refractivity contribution is 7.71. The summed E-state index contributed by atoms with van der Waals surface area (Å²) >= 11 is 5.12. The van der Waals surface area contributed by atoms with Gasteiger partial charge in [-0.15, -0.1) is 0 Å². The topological polar surface area (TPSA) is 52.7 Å². The molecule has 1 aromatic carbocycles. The Labute approximate surface area is 115 Å². The first kappa shape index (κ1) is 12.3. The van der Waals surface area contributed by atoms with Crippen molar-refractivity contribution < 1.29 is 4.39 Å². The minimum absolute atomic E-state index is 0.276. The Morgan fingerprint density at radius 3 is 3.11 bits per heavy atom. The first-order valence-electron chi connectivity index (χ1n) is 6.08. The number of aromatic amines is 1. The Hall–Kier alpha value is -1.79. The smallest absolute Gasteiger partial charge is 0.199 e. The third-order valence-corrected chi connectivity index (χ3v) is 3.26. The summed E-state index contributed by atoms with van der Waals surface area (Å²) in [4.78, 5) is 7.40. The molecule has 0 atom stereocenters. The molecule has 2 aromatic rings. The van der Waals surface area contributed by atoms with Crippen molar-refractivity contribution in [1.82, 2.24) is 15.3 Å². The van der Waals surface area contributed by atoms with E-state index in [9.17, 15) is 4.39 Å². The summed E-state index contributed by atoms with van der Waals surface area (Å²) in [5.41, 5.74) is 2.83. The van der Waals surface area contributed by atoms with Crippen LogP contribution in [0.3, 0.4) is 0 Å². The van der Waals surface area contributed by atoms with Gasteiger partial charge in [-0.05, 0) is 43.4 Å². The van der Waals surface area contributed by atoms with E-state index in [1.54, 1.807) is 12.1 Å². The molecule has 98 valence electrons. The predicted octanol–water partition coefficient (Wildman–Crippen LogP) is 2.67. The van der Waals surface area contributed by atoms with Crippen LogP contribution in [0.1, 0.15) is 11.3 Å². The van der Waals surface area contributed by atoms with E-state index in [1.807, 2.05) is 0 Å². The Bertz CT molecular complexity index is 668. The van der Waals surface area contributed by atoms with Crippen molar-refractivity contribution in [3.63, 3.8) is 0 Å². The van der Waals surface area contributed by atoms with Crippen molar-refractivity contribution in [2.75, 3.05) is 11.9 Å². The van der Waals surface area contributed by atoms with Crippen LogP contribution in [0.4, 0.5) is 15.9 Å². The van der Waals surface area contributed by atoms with Crippen molar-refractivity contribution in [3.05, 3.63) is 46.1 Å². The van der Waals surface area contributed by atoms with Crippen LogP contribution >= 0.6 is 12.2 Å². The summed E-state index contributed by atoms with van der Waals surface area (Å²) in [6, 6.07) is 6.32. The molecular weight excluding hydrogens is 263 g/mol. The Morgan fingerprint density at radius 2 is 2.26 bits per heavy atom. The molecule has 1 aromatic heterocycles. The average molecular weight is 276 g/mol. The number of hydrogen-bond donors (Lipinski definition) is 3. The molecule has 0 saturated carbocycles. The summed E-state index contributed by atoms with van der Waals surface area (Å²) in [7, 11) is 0. The van der Waals surface area contributed by atoms with Gasteiger partial charge in [-0.25, -0.2) is 9.37 Å². The van der Waals surface area contributed by atoms with Gasteiger partial charge >= 0.3 is 0 Å². The van der Waals surface area contributed by atoms with Gasteiger partial charge in [-0.1, -0.05) is 6.07 Å². The van der Waals surface area contributed by atoms with E-state index >= 15 is 0 Å². The maximum Gasteiger partial charge on any atom is 0.199 e. The number of hydrogen-bond acceptors (Lipinski definition) is 4. The molecule has 2 heterocycles. The molecule has 0 spiro atoms. The van der Waals surface area contributed by atoms with E-state index in [4.69, 9.17) is 12.2 Å². The minimum Gasteiger partial charge on any atom is -0.340 e. The highest BCUT2D eigenvalue weighted by Gasteiger charge is 2.15. The van der Waals surface area contributed by atoms with Gasteiger partial charge in [0.25, 0.3) is 0 Å². The molecule has 3 N–H and O–H groups in total. The quantitative estimate of drug-likeness (QED) is 0.738. The van der Waals surface area contributed by atoms with E-state index in [0.717, 1.165) is 30.8 Å². The van der Waals surface area contributed by atoms with Crippen LogP contribution in [-0.4, -0.2) is 16.5 Å².